The molecule has 0 amide bonds. The average molecular weight is 278 g/mol. The zero-order valence-corrected chi connectivity index (χ0v) is 10.9. The summed E-state index contributed by atoms with van der Waals surface area (Å²) in [6.07, 6.45) is 0.432. The van der Waals surface area contributed by atoms with Gasteiger partial charge in [-0.3, -0.25) is 4.72 Å². The molecule has 102 valence electrons. The molecule has 0 aromatic heterocycles. The molecular weight excluding hydrogens is 262 g/mol. The lowest BCUT2D eigenvalue weighted by Crippen LogP contribution is -2.22. The largest absolute Gasteiger partial charge is 0.317 e. The quantitative estimate of drug-likeness (QED) is 0.746. The van der Waals surface area contributed by atoms with Gasteiger partial charge < -0.3 is 5.32 Å². The fourth-order valence-corrected chi connectivity index (χ4v) is 2.51. The van der Waals surface area contributed by atoms with E-state index in [4.69, 9.17) is 0 Å². The highest BCUT2D eigenvalue weighted by atomic mass is 32.2. The maximum Gasteiger partial charge on any atom is 0.232 e. The molecule has 1 aromatic rings. The van der Waals surface area contributed by atoms with Crippen molar-refractivity contribution in [3.8, 4) is 0 Å². The van der Waals surface area contributed by atoms with Gasteiger partial charge in [-0.05, 0) is 31.6 Å². The first kappa shape index (κ1) is 14.8. The van der Waals surface area contributed by atoms with Gasteiger partial charge in [0.05, 0.1) is 11.4 Å². The minimum Gasteiger partial charge on any atom is -0.317 e. The minimum absolute atomic E-state index is 0.0991. The molecule has 0 aliphatic heterocycles. The summed E-state index contributed by atoms with van der Waals surface area (Å²) in [5.74, 6) is -1.74. The van der Waals surface area contributed by atoms with Gasteiger partial charge in [-0.1, -0.05) is 6.92 Å². The number of anilines is 1. The molecule has 0 saturated carbocycles. The smallest absolute Gasteiger partial charge is 0.232 e. The summed E-state index contributed by atoms with van der Waals surface area (Å²) in [5, 5.41) is 2.99. The molecule has 0 aliphatic rings. The predicted octanol–water partition coefficient (Wildman–Crippen LogP) is 1.71. The summed E-state index contributed by atoms with van der Waals surface area (Å²) in [6, 6.07) is 2.55. The molecule has 0 unspecified atom stereocenters. The van der Waals surface area contributed by atoms with Crippen molar-refractivity contribution >= 4 is 15.7 Å². The third kappa shape index (κ3) is 5.42. The summed E-state index contributed by atoms with van der Waals surface area (Å²) in [6.45, 7) is 3.26. The first-order valence-electron chi connectivity index (χ1n) is 5.60. The van der Waals surface area contributed by atoms with Crippen LogP contribution in [-0.4, -0.2) is 27.3 Å². The topological polar surface area (TPSA) is 58.2 Å². The molecule has 0 fully saturated rings. The van der Waals surface area contributed by atoms with Crippen LogP contribution in [0, 0.1) is 11.6 Å². The van der Waals surface area contributed by atoms with E-state index in [-0.39, 0.29) is 11.4 Å². The van der Waals surface area contributed by atoms with Gasteiger partial charge in [0.1, 0.15) is 11.6 Å². The van der Waals surface area contributed by atoms with E-state index in [9.17, 15) is 17.2 Å². The van der Waals surface area contributed by atoms with Crippen molar-refractivity contribution in [2.75, 3.05) is 23.6 Å². The second kappa shape index (κ2) is 6.65. The number of sulfonamides is 1. The Kier molecular flexibility index (Phi) is 5.49. The molecule has 0 atom stereocenters. The van der Waals surface area contributed by atoms with Gasteiger partial charge >= 0.3 is 0 Å². The van der Waals surface area contributed by atoms with Crippen molar-refractivity contribution in [3.63, 3.8) is 0 Å². The first-order chi connectivity index (χ1) is 8.43. The maximum atomic E-state index is 12.9. The van der Waals surface area contributed by atoms with Crippen LogP contribution in [0.5, 0.6) is 0 Å². The third-order valence-corrected chi connectivity index (χ3v) is 3.53. The highest BCUT2D eigenvalue weighted by Gasteiger charge is 2.11. The van der Waals surface area contributed by atoms with Crippen LogP contribution >= 0.6 is 0 Å². The Balaban J connectivity index is 2.59. The van der Waals surface area contributed by atoms with Crippen molar-refractivity contribution in [1.29, 1.82) is 0 Å². The van der Waals surface area contributed by atoms with Crippen LogP contribution in [0.25, 0.3) is 0 Å². The Morgan fingerprint density at radius 2 is 1.78 bits per heavy atom. The monoisotopic (exact) mass is 278 g/mol. The van der Waals surface area contributed by atoms with Crippen LogP contribution in [-0.2, 0) is 10.0 Å². The van der Waals surface area contributed by atoms with Gasteiger partial charge in [0.15, 0.2) is 0 Å². The zero-order chi connectivity index (χ0) is 13.6. The van der Waals surface area contributed by atoms with Crippen LogP contribution in [0.3, 0.4) is 0 Å². The number of hydrogen-bond acceptors (Lipinski definition) is 3. The molecule has 0 bridgehead atoms. The second-order valence-electron chi connectivity index (χ2n) is 3.79. The van der Waals surface area contributed by atoms with E-state index in [0.29, 0.717) is 19.0 Å². The predicted molar refractivity (Wildman–Crippen MR) is 66.9 cm³/mol. The third-order valence-electron chi connectivity index (χ3n) is 2.15. The average Bonchev–Trinajstić information content (AvgIpc) is 2.22. The Hall–Kier alpha value is -1.21. The molecule has 18 heavy (non-hydrogen) atoms. The maximum absolute atomic E-state index is 12.9. The Morgan fingerprint density at radius 3 is 2.33 bits per heavy atom. The Labute approximate surface area is 105 Å². The molecule has 1 rings (SSSR count). The molecule has 2 N–H and O–H groups in total. The number of benzene rings is 1. The lowest BCUT2D eigenvalue weighted by Gasteiger charge is -2.08. The Bertz CT molecular complexity index is 472. The Morgan fingerprint density at radius 1 is 1.17 bits per heavy atom. The summed E-state index contributed by atoms with van der Waals surface area (Å²) in [4.78, 5) is 0. The number of halogens is 2. The fourth-order valence-electron chi connectivity index (χ4n) is 1.41. The number of rotatable bonds is 7. The van der Waals surface area contributed by atoms with Crippen LogP contribution in [0.4, 0.5) is 14.5 Å². The van der Waals surface area contributed by atoms with E-state index < -0.39 is 21.7 Å². The summed E-state index contributed by atoms with van der Waals surface area (Å²) in [7, 11) is -3.57. The van der Waals surface area contributed by atoms with Crippen molar-refractivity contribution in [3.05, 3.63) is 29.8 Å². The van der Waals surface area contributed by atoms with Crippen LogP contribution in [0.1, 0.15) is 13.3 Å². The lowest BCUT2D eigenvalue weighted by atomic mass is 10.3. The van der Waals surface area contributed by atoms with Crippen LogP contribution < -0.4 is 10.0 Å². The minimum atomic E-state index is -3.57. The van der Waals surface area contributed by atoms with E-state index in [1.807, 2.05) is 6.92 Å². The van der Waals surface area contributed by atoms with Crippen LogP contribution in [0.15, 0.2) is 18.2 Å². The highest BCUT2D eigenvalue weighted by Crippen LogP contribution is 2.14. The fraction of sp³-hybridized carbons (Fsp3) is 0.455. The van der Waals surface area contributed by atoms with Gasteiger partial charge in [-0.15, -0.1) is 0 Å². The van der Waals surface area contributed by atoms with Gasteiger partial charge in [0.2, 0.25) is 10.0 Å². The van der Waals surface area contributed by atoms with Gasteiger partial charge in [0.25, 0.3) is 0 Å². The summed E-state index contributed by atoms with van der Waals surface area (Å²) >= 11 is 0. The van der Waals surface area contributed by atoms with E-state index in [2.05, 4.69) is 10.0 Å². The zero-order valence-electron chi connectivity index (χ0n) is 10.0. The van der Waals surface area contributed by atoms with Gasteiger partial charge in [0, 0.05) is 6.07 Å². The standard InChI is InChI=1S/C11H16F2N2O2S/c1-2-14-4-3-5-18(16,17)15-11-7-9(12)6-10(13)8-11/h6-8,14-15H,2-5H2,1H3. The normalized spacial score (nSPS) is 11.5. The first-order valence-corrected chi connectivity index (χ1v) is 7.25. The number of hydrogen-bond donors (Lipinski definition) is 2. The second-order valence-corrected chi connectivity index (χ2v) is 5.63. The SMILES string of the molecule is CCNCCCS(=O)(=O)Nc1cc(F)cc(F)c1. The molecular formula is C11H16F2N2O2S. The van der Waals surface area contributed by atoms with Gasteiger partial charge in [-0.25, -0.2) is 17.2 Å². The molecule has 0 heterocycles. The summed E-state index contributed by atoms with van der Waals surface area (Å²) < 4.78 is 51.1. The van der Waals surface area contributed by atoms with Gasteiger partial charge in [-0.2, -0.15) is 0 Å². The molecule has 4 nitrogen and oxygen atoms in total. The van der Waals surface area contributed by atoms with E-state index in [1.165, 1.54) is 0 Å². The van der Waals surface area contributed by atoms with E-state index in [0.717, 1.165) is 18.7 Å². The van der Waals surface area contributed by atoms with Crippen molar-refractivity contribution in [2.24, 2.45) is 0 Å². The van der Waals surface area contributed by atoms with Crippen LogP contribution in [0.2, 0.25) is 0 Å². The van der Waals surface area contributed by atoms with Crippen molar-refractivity contribution < 1.29 is 17.2 Å². The molecule has 0 spiro atoms. The lowest BCUT2D eigenvalue weighted by molar-refractivity contribution is 0.584. The molecule has 0 radical (unpaired) electrons. The van der Waals surface area contributed by atoms with E-state index >= 15 is 0 Å². The molecule has 7 heteroatoms. The molecule has 0 aliphatic carbocycles. The molecule has 0 saturated heterocycles. The van der Waals surface area contributed by atoms with Crippen molar-refractivity contribution in [1.82, 2.24) is 5.32 Å². The molecule has 1 aromatic carbocycles. The summed E-state index contributed by atoms with van der Waals surface area (Å²) in [5.41, 5.74) is -0.101. The van der Waals surface area contributed by atoms with E-state index in [1.54, 1.807) is 0 Å². The van der Waals surface area contributed by atoms with Crippen molar-refractivity contribution in [2.45, 2.75) is 13.3 Å². The highest BCUT2D eigenvalue weighted by molar-refractivity contribution is 7.92. The number of nitrogens with one attached hydrogen (secondary N) is 2.